The molecule has 4 nitrogen and oxygen atoms in total. The van der Waals surface area contributed by atoms with Crippen molar-refractivity contribution in [2.45, 2.75) is 52.7 Å². The Labute approximate surface area is 130 Å². The van der Waals surface area contributed by atoms with E-state index in [1.807, 2.05) is 6.20 Å². The third-order valence-electron chi connectivity index (χ3n) is 3.43. The Balaban J connectivity index is 2.70. The lowest BCUT2D eigenvalue weighted by atomic mass is 10.1. The Bertz CT molecular complexity index is 406. The van der Waals surface area contributed by atoms with Crippen LogP contribution >= 0.6 is 0 Å². The van der Waals surface area contributed by atoms with Crippen LogP contribution in [0.1, 0.15) is 40.2 Å². The molecule has 1 aromatic heterocycles. The average molecular weight is 292 g/mol. The highest BCUT2D eigenvalue weighted by atomic mass is 15.2. The van der Waals surface area contributed by atoms with Crippen LogP contribution in [0.3, 0.4) is 0 Å². The normalized spacial score (nSPS) is 13.5. The van der Waals surface area contributed by atoms with Crippen molar-refractivity contribution < 1.29 is 0 Å². The van der Waals surface area contributed by atoms with E-state index in [0.717, 1.165) is 25.5 Å². The molecule has 21 heavy (non-hydrogen) atoms. The second-order valence-electron chi connectivity index (χ2n) is 7.03. The van der Waals surface area contributed by atoms with E-state index in [9.17, 15) is 0 Å². The number of hydrogen-bond acceptors (Lipinski definition) is 4. The highest BCUT2D eigenvalue weighted by Crippen LogP contribution is 2.15. The molecule has 0 aromatic carbocycles. The Kier molecular flexibility index (Phi) is 6.62. The second kappa shape index (κ2) is 7.76. The van der Waals surface area contributed by atoms with Gasteiger partial charge in [0.15, 0.2) is 0 Å². The summed E-state index contributed by atoms with van der Waals surface area (Å²) in [5.41, 5.74) is 1.36. The van der Waals surface area contributed by atoms with E-state index >= 15 is 0 Å². The minimum Gasteiger partial charge on any atom is -0.353 e. The number of aromatic nitrogens is 1. The summed E-state index contributed by atoms with van der Waals surface area (Å²) in [5, 5.41) is 3.49. The first-order chi connectivity index (χ1) is 9.73. The van der Waals surface area contributed by atoms with Crippen molar-refractivity contribution in [2.75, 3.05) is 32.1 Å². The molecule has 0 saturated carbocycles. The van der Waals surface area contributed by atoms with Crippen molar-refractivity contribution in [3.8, 4) is 0 Å². The number of nitrogens with zero attached hydrogens (tertiary/aromatic N) is 3. The van der Waals surface area contributed by atoms with Crippen LogP contribution in [-0.4, -0.2) is 48.6 Å². The molecule has 1 rings (SSSR count). The Morgan fingerprint density at radius 3 is 2.33 bits per heavy atom. The lowest BCUT2D eigenvalue weighted by Gasteiger charge is -2.31. The molecule has 1 unspecified atom stereocenters. The summed E-state index contributed by atoms with van der Waals surface area (Å²) < 4.78 is 0. The first-order valence-corrected chi connectivity index (χ1v) is 7.84. The average Bonchev–Trinajstić information content (AvgIpc) is 2.37. The quantitative estimate of drug-likeness (QED) is 0.837. The van der Waals surface area contributed by atoms with E-state index in [0.29, 0.717) is 6.04 Å². The molecule has 1 heterocycles. The van der Waals surface area contributed by atoms with Gasteiger partial charge in [0.25, 0.3) is 0 Å². The minimum atomic E-state index is 0.133. The van der Waals surface area contributed by atoms with Crippen LogP contribution < -0.4 is 10.2 Å². The van der Waals surface area contributed by atoms with E-state index in [1.165, 1.54) is 5.56 Å². The van der Waals surface area contributed by atoms with E-state index in [1.54, 1.807) is 0 Å². The number of rotatable bonds is 7. The van der Waals surface area contributed by atoms with Gasteiger partial charge in [0.05, 0.1) is 0 Å². The summed E-state index contributed by atoms with van der Waals surface area (Å²) in [4.78, 5) is 9.21. The molecule has 120 valence electrons. The van der Waals surface area contributed by atoms with Crippen molar-refractivity contribution in [1.29, 1.82) is 0 Å². The maximum atomic E-state index is 4.65. The third-order valence-corrected chi connectivity index (χ3v) is 3.43. The molecule has 0 aliphatic carbocycles. The number of hydrogen-bond donors (Lipinski definition) is 1. The van der Waals surface area contributed by atoms with Crippen LogP contribution in [0.4, 0.5) is 5.82 Å². The zero-order valence-corrected chi connectivity index (χ0v) is 14.8. The molecule has 4 heteroatoms. The minimum absolute atomic E-state index is 0.133. The number of anilines is 1. The van der Waals surface area contributed by atoms with Crippen molar-refractivity contribution in [3.05, 3.63) is 23.9 Å². The third kappa shape index (κ3) is 6.44. The van der Waals surface area contributed by atoms with Crippen LogP contribution in [0, 0.1) is 0 Å². The first-order valence-electron chi connectivity index (χ1n) is 7.84. The topological polar surface area (TPSA) is 31.4 Å². The molecule has 0 amide bonds. The Hall–Kier alpha value is -1.13. The van der Waals surface area contributed by atoms with Crippen LogP contribution in [0.15, 0.2) is 18.3 Å². The molecule has 0 aliphatic rings. The van der Waals surface area contributed by atoms with E-state index in [4.69, 9.17) is 0 Å². The molecule has 0 fully saturated rings. The summed E-state index contributed by atoms with van der Waals surface area (Å²) in [6.45, 7) is 13.8. The summed E-state index contributed by atoms with van der Waals surface area (Å²) >= 11 is 0. The molecule has 0 spiro atoms. The predicted octanol–water partition coefficient (Wildman–Crippen LogP) is 2.75. The Morgan fingerprint density at radius 1 is 1.24 bits per heavy atom. The summed E-state index contributed by atoms with van der Waals surface area (Å²) in [6.07, 6.45) is 1.99. The fraction of sp³-hybridized carbons (Fsp3) is 0.706. The van der Waals surface area contributed by atoms with Gasteiger partial charge >= 0.3 is 0 Å². The molecular weight excluding hydrogens is 260 g/mol. The predicted molar refractivity (Wildman–Crippen MR) is 91.9 cm³/mol. The molecule has 1 aromatic rings. The van der Waals surface area contributed by atoms with Crippen molar-refractivity contribution in [2.24, 2.45) is 0 Å². The molecule has 0 radical (unpaired) electrons. The fourth-order valence-electron chi connectivity index (χ4n) is 2.38. The van der Waals surface area contributed by atoms with Gasteiger partial charge in [-0.3, -0.25) is 0 Å². The highest BCUT2D eigenvalue weighted by molar-refractivity contribution is 5.40. The molecule has 1 N–H and O–H groups in total. The van der Waals surface area contributed by atoms with Crippen molar-refractivity contribution in [3.63, 3.8) is 0 Å². The maximum absolute atomic E-state index is 4.65. The number of likely N-dealkylation sites (N-methyl/N-ethyl adjacent to an activating group) is 2. The summed E-state index contributed by atoms with van der Waals surface area (Å²) in [7, 11) is 4.22. The maximum Gasteiger partial charge on any atom is 0.128 e. The van der Waals surface area contributed by atoms with Gasteiger partial charge in [-0.05, 0) is 60.3 Å². The summed E-state index contributed by atoms with van der Waals surface area (Å²) in [6, 6.07) is 4.76. The van der Waals surface area contributed by atoms with E-state index in [2.05, 4.69) is 80.9 Å². The molecular formula is C17H32N4. The molecule has 0 aliphatic heterocycles. The largest absolute Gasteiger partial charge is 0.353 e. The van der Waals surface area contributed by atoms with Crippen LogP contribution in [0.5, 0.6) is 0 Å². The monoisotopic (exact) mass is 292 g/mol. The van der Waals surface area contributed by atoms with Gasteiger partial charge in [-0.1, -0.05) is 6.07 Å². The number of nitrogens with one attached hydrogen (secondary N) is 1. The highest BCUT2D eigenvalue weighted by Gasteiger charge is 2.15. The van der Waals surface area contributed by atoms with E-state index in [-0.39, 0.29) is 5.54 Å². The van der Waals surface area contributed by atoms with Crippen molar-refractivity contribution >= 4 is 5.82 Å². The van der Waals surface area contributed by atoms with Crippen LogP contribution in [0.25, 0.3) is 0 Å². The van der Waals surface area contributed by atoms with Crippen molar-refractivity contribution in [1.82, 2.24) is 15.2 Å². The smallest absolute Gasteiger partial charge is 0.128 e. The van der Waals surface area contributed by atoms with Crippen LogP contribution in [-0.2, 0) is 6.54 Å². The standard InChI is InChI=1S/C17H32N4/c1-8-21(14(2)13-20(6)7)16-10-9-15(11-18-16)12-19-17(3,4)5/h9-11,14,19H,8,12-13H2,1-7H3. The van der Waals surface area contributed by atoms with Crippen LogP contribution in [0.2, 0.25) is 0 Å². The zero-order valence-electron chi connectivity index (χ0n) is 14.8. The SMILES string of the molecule is CCN(c1ccc(CNC(C)(C)C)cn1)C(C)CN(C)C. The van der Waals surface area contributed by atoms with Gasteiger partial charge in [0.1, 0.15) is 5.82 Å². The molecule has 1 atom stereocenters. The first kappa shape index (κ1) is 17.9. The second-order valence-corrected chi connectivity index (χ2v) is 7.03. The zero-order chi connectivity index (χ0) is 16.0. The molecule has 0 bridgehead atoms. The van der Waals surface area contributed by atoms with Gasteiger partial charge < -0.3 is 15.1 Å². The van der Waals surface area contributed by atoms with Gasteiger partial charge in [-0.25, -0.2) is 4.98 Å². The summed E-state index contributed by atoms with van der Waals surface area (Å²) in [5.74, 6) is 1.06. The Morgan fingerprint density at radius 2 is 1.90 bits per heavy atom. The van der Waals surface area contributed by atoms with Gasteiger partial charge in [-0.15, -0.1) is 0 Å². The lowest BCUT2D eigenvalue weighted by Crippen LogP contribution is -2.40. The number of pyridine rings is 1. The molecule has 0 saturated heterocycles. The van der Waals surface area contributed by atoms with Gasteiger partial charge in [0, 0.05) is 37.4 Å². The fourth-order valence-corrected chi connectivity index (χ4v) is 2.38. The van der Waals surface area contributed by atoms with Gasteiger partial charge in [0.2, 0.25) is 0 Å². The lowest BCUT2D eigenvalue weighted by molar-refractivity contribution is 0.372. The van der Waals surface area contributed by atoms with Gasteiger partial charge in [-0.2, -0.15) is 0 Å². The van der Waals surface area contributed by atoms with E-state index < -0.39 is 0 Å².